The van der Waals surface area contributed by atoms with Crippen LogP contribution >= 0.6 is 0 Å². The summed E-state index contributed by atoms with van der Waals surface area (Å²) in [5.74, 6) is 0.872. The largest absolute Gasteiger partial charge is 0.320 e. The molecule has 2 unspecified atom stereocenters. The minimum atomic E-state index is -2.91. The molecule has 102 valence electrons. The van der Waals surface area contributed by atoms with E-state index in [1.165, 1.54) is 6.26 Å². The quantitative estimate of drug-likeness (QED) is 0.851. The fourth-order valence-corrected chi connectivity index (χ4v) is 3.60. The van der Waals surface area contributed by atoms with E-state index in [4.69, 9.17) is 0 Å². The highest BCUT2D eigenvalue weighted by molar-refractivity contribution is 7.91. The van der Waals surface area contributed by atoms with Gasteiger partial charge in [-0.2, -0.15) is 0 Å². The summed E-state index contributed by atoms with van der Waals surface area (Å²) in [6.45, 7) is 0.637. The minimum Gasteiger partial charge on any atom is -0.320 e. The summed E-state index contributed by atoms with van der Waals surface area (Å²) >= 11 is 0. The van der Waals surface area contributed by atoms with Gasteiger partial charge in [-0.1, -0.05) is 6.42 Å². The van der Waals surface area contributed by atoms with Gasteiger partial charge in [0, 0.05) is 19.3 Å². The number of aromatic nitrogens is 3. The Labute approximate surface area is 108 Å². The van der Waals surface area contributed by atoms with Gasteiger partial charge in [-0.05, 0) is 19.3 Å². The van der Waals surface area contributed by atoms with Crippen LogP contribution in [-0.4, -0.2) is 40.7 Å². The van der Waals surface area contributed by atoms with Crippen LogP contribution < -0.4 is 5.32 Å². The van der Waals surface area contributed by atoms with Crippen LogP contribution in [0.5, 0.6) is 0 Å². The van der Waals surface area contributed by atoms with E-state index in [9.17, 15) is 8.42 Å². The number of hydrogen-bond acceptors (Lipinski definition) is 5. The van der Waals surface area contributed by atoms with E-state index in [2.05, 4.69) is 15.5 Å². The van der Waals surface area contributed by atoms with Gasteiger partial charge in [0.1, 0.15) is 22.0 Å². The molecule has 1 saturated carbocycles. The summed E-state index contributed by atoms with van der Waals surface area (Å²) in [6.07, 6.45) is 6.50. The molecule has 6 nitrogen and oxygen atoms in total. The Kier molecular flexibility index (Phi) is 4.01. The van der Waals surface area contributed by atoms with Crippen molar-refractivity contribution >= 4 is 9.84 Å². The van der Waals surface area contributed by atoms with Crippen molar-refractivity contribution in [1.29, 1.82) is 0 Å². The van der Waals surface area contributed by atoms with Gasteiger partial charge in [0.15, 0.2) is 0 Å². The molecule has 1 aromatic heterocycles. The number of hydrogen-bond donors (Lipinski definition) is 1. The second kappa shape index (κ2) is 5.36. The van der Waals surface area contributed by atoms with Gasteiger partial charge in [0.2, 0.25) is 0 Å². The fourth-order valence-electron chi connectivity index (χ4n) is 2.42. The summed E-state index contributed by atoms with van der Waals surface area (Å²) in [7, 11) is -1.01. The van der Waals surface area contributed by atoms with E-state index in [-0.39, 0.29) is 11.3 Å². The van der Waals surface area contributed by atoms with Crippen molar-refractivity contribution < 1.29 is 8.42 Å². The van der Waals surface area contributed by atoms with E-state index in [0.717, 1.165) is 25.1 Å². The molecule has 0 spiro atoms. The third-order valence-electron chi connectivity index (χ3n) is 3.59. The van der Waals surface area contributed by atoms with E-state index in [1.807, 2.05) is 11.6 Å². The average molecular weight is 272 g/mol. The molecule has 1 aliphatic rings. The summed E-state index contributed by atoms with van der Waals surface area (Å²) in [6, 6.07) is 0.259. The maximum absolute atomic E-state index is 11.6. The Morgan fingerprint density at radius 1 is 1.50 bits per heavy atom. The molecule has 0 saturated heterocycles. The smallest absolute Gasteiger partial charge is 0.150 e. The summed E-state index contributed by atoms with van der Waals surface area (Å²) < 4.78 is 25.0. The Balaban J connectivity index is 1.89. The first-order valence-corrected chi connectivity index (χ1v) is 8.17. The van der Waals surface area contributed by atoms with E-state index >= 15 is 0 Å². The second-order valence-corrected chi connectivity index (χ2v) is 7.38. The summed E-state index contributed by atoms with van der Waals surface area (Å²) in [4.78, 5) is 0. The number of sulfone groups is 1. The Hall–Kier alpha value is -0.950. The molecule has 1 fully saturated rings. The molecule has 0 radical (unpaired) electrons. The molecule has 7 heteroatoms. The predicted octanol–water partition coefficient (Wildman–Crippen LogP) is 0.261. The molecule has 0 aromatic carbocycles. The van der Waals surface area contributed by atoms with Crippen molar-refractivity contribution in [1.82, 2.24) is 20.1 Å². The van der Waals surface area contributed by atoms with Crippen molar-refractivity contribution in [3.8, 4) is 0 Å². The van der Waals surface area contributed by atoms with Crippen LogP contribution in [0.25, 0.3) is 0 Å². The van der Waals surface area contributed by atoms with Crippen LogP contribution in [0.2, 0.25) is 0 Å². The summed E-state index contributed by atoms with van der Waals surface area (Å²) in [5.41, 5.74) is 0. The highest BCUT2D eigenvalue weighted by atomic mass is 32.2. The second-order valence-electron chi connectivity index (χ2n) is 5.05. The third kappa shape index (κ3) is 3.29. The Morgan fingerprint density at radius 3 is 2.89 bits per heavy atom. The fraction of sp³-hybridized carbons (Fsp3) is 0.818. The molecule has 18 heavy (non-hydrogen) atoms. The number of nitrogens with zero attached hydrogens (tertiary/aromatic N) is 3. The minimum absolute atomic E-state index is 0.191. The zero-order chi connectivity index (χ0) is 13.2. The molecule has 1 aliphatic carbocycles. The lowest BCUT2D eigenvalue weighted by Gasteiger charge is -2.28. The van der Waals surface area contributed by atoms with Crippen molar-refractivity contribution in [2.75, 3.05) is 6.26 Å². The molecule has 1 N–H and O–H groups in total. The van der Waals surface area contributed by atoms with Gasteiger partial charge in [-0.15, -0.1) is 10.2 Å². The molecule has 1 heterocycles. The van der Waals surface area contributed by atoms with Crippen LogP contribution in [0.1, 0.15) is 31.5 Å². The molecule has 0 aliphatic heterocycles. The normalized spacial score (nSPS) is 25.2. The van der Waals surface area contributed by atoms with Crippen molar-refractivity contribution in [3.63, 3.8) is 0 Å². The molecule has 2 atom stereocenters. The first-order chi connectivity index (χ1) is 8.47. The third-order valence-corrected chi connectivity index (χ3v) is 5.22. The molecule has 2 rings (SSSR count). The Bertz CT molecular complexity index is 497. The Morgan fingerprint density at radius 2 is 2.28 bits per heavy atom. The van der Waals surface area contributed by atoms with Crippen LogP contribution in [0, 0.1) is 0 Å². The highest BCUT2D eigenvalue weighted by Gasteiger charge is 2.28. The van der Waals surface area contributed by atoms with Crippen LogP contribution in [0.3, 0.4) is 0 Å². The van der Waals surface area contributed by atoms with Crippen molar-refractivity contribution in [3.05, 3.63) is 12.2 Å². The molecular formula is C11H20N4O2S. The van der Waals surface area contributed by atoms with E-state index in [0.29, 0.717) is 13.0 Å². The van der Waals surface area contributed by atoms with Gasteiger partial charge in [-0.3, -0.25) is 0 Å². The zero-order valence-corrected chi connectivity index (χ0v) is 11.7. The molecular weight excluding hydrogens is 252 g/mol. The first kappa shape index (κ1) is 13.5. The number of nitrogens with one attached hydrogen (secondary N) is 1. The van der Waals surface area contributed by atoms with Crippen LogP contribution in [0.15, 0.2) is 6.33 Å². The standard InChI is InChI=1S/C11H20N4O2S/c1-15-8-13-14-11(15)7-12-9-4-3-5-10(6-9)18(2,16)17/h8-10,12H,3-7H2,1-2H3. The van der Waals surface area contributed by atoms with Crippen LogP contribution in [-0.2, 0) is 23.4 Å². The predicted molar refractivity (Wildman–Crippen MR) is 68.7 cm³/mol. The van der Waals surface area contributed by atoms with Gasteiger partial charge < -0.3 is 9.88 Å². The van der Waals surface area contributed by atoms with E-state index in [1.54, 1.807) is 6.33 Å². The van der Waals surface area contributed by atoms with Crippen molar-refractivity contribution in [2.24, 2.45) is 7.05 Å². The highest BCUT2D eigenvalue weighted by Crippen LogP contribution is 2.23. The van der Waals surface area contributed by atoms with Gasteiger partial charge in [0.25, 0.3) is 0 Å². The van der Waals surface area contributed by atoms with Gasteiger partial charge in [0.05, 0.1) is 11.8 Å². The lowest BCUT2D eigenvalue weighted by molar-refractivity contribution is 0.366. The van der Waals surface area contributed by atoms with Gasteiger partial charge >= 0.3 is 0 Å². The van der Waals surface area contributed by atoms with Gasteiger partial charge in [-0.25, -0.2) is 8.42 Å². The van der Waals surface area contributed by atoms with Crippen LogP contribution in [0.4, 0.5) is 0 Å². The average Bonchev–Trinajstić information content (AvgIpc) is 2.72. The van der Waals surface area contributed by atoms with Crippen molar-refractivity contribution in [2.45, 2.75) is 43.5 Å². The summed E-state index contributed by atoms with van der Waals surface area (Å²) in [5, 5.41) is 11.0. The monoisotopic (exact) mass is 272 g/mol. The maximum Gasteiger partial charge on any atom is 0.150 e. The topological polar surface area (TPSA) is 76.9 Å². The zero-order valence-electron chi connectivity index (χ0n) is 10.8. The first-order valence-electron chi connectivity index (χ1n) is 6.22. The molecule has 0 bridgehead atoms. The number of rotatable bonds is 4. The lowest BCUT2D eigenvalue weighted by atomic mass is 9.95. The SMILES string of the molecule is Cn1cnnc1CNC1CCCC(S(C)(=O)=O)C1. The molecule has 1 aromatic rings. The molecule has 0 amide bonds. The lowest BCUT2D eigenvalue weighted by Crippen LogP contribution is -2.38. The number of aryl methyl sites for hydroxylation is 1. The van der Waals surface area contributed by atoms with E-state index < -0.39 is 9.84 Å². The maximum atomic E-state index is 11.6.